The fraction of sp³-hybridized carbons (Fsp3) is 0.300. The first-order valence-electron chi connectivity index (χ1n) is 4.99. The van der Waals surface area contributed by atoms with Crippen molar-refractivity contribution in [3.63, 3.8) is 0 Å². The Morgan fingerprint density at radius 1 is 1.20 bits per heavy atom. The highest BCUT2D eigenvalue weighted by Gasteiger charge is 2.29. The molecule has 1 heterocycles. The number of hydrogen-bond acceptors (Lipinski definition) is 4. The number of aromatic nitrogens is 4. The van der Waals surface area contributed by atoms with Crippen LogP contribution in [0.25, 0.3) is 5.69 Å². The van der Waals surface area contributed by atoms with Crippen LogP contribution in [-0.4, -0.2) is 20.2 Å². The van der Waals surface area contributed by atoms with Crippen LogP contribution < -0.4 is 5.73 Å². The van der Waals surface area contributed by atoms with Crippen LogP contribution in [0.15, 0.2) is 24.3 Å². The van der Waals surface area contributed by atoms with Gasteiger partial charge in [0.25, 0.3) is 0 Å². The maximum absolute atomic E-state index is 5.63. The Morgan fingerprint density at radius 2 is 1.93 bits per heavy atom. The lowest BCUT2D eigenvalue weighted by molar-refractivity contribution is 0.763. The number of rotatable bonds is 2. The molecule has 5 nitrogen and oxygen atoms in total. The molecular formula is C10H11N5. The van der Waals surface area contributed by atoms with Gasteiger partial charge >= 0.3 is 0 Å². The van der Waals surface area contributed by atoms with Crippen LogP contribution in [0, 0.1) is 0 Å². The molecule has 1 aromatic heterocycles. The minimum absolute atomic E-state index is 0.539. The lowest BCUT2D eigenvalue weighted by atomic mass is 10.3. The highest BCUT2D eigenvalue weighted by atomic mass is 15.5. The summed E-state index contributed by atoms with van der Waals surface area (Å²) in [5, 5.41) is 11.8. The van der Waals surface area contributed by atoms with Crippen LogP contribution in [0.5, 0.6) is 0 Å². The molecule has 15 heavy (non-hydrogen) atoms. The van der Waals surface area contributed by atoms with Gasteiger partial charge in [-0.2, -0.15) is 4.68 Å². The predicted molar refractivity (Wildman–Crippen MR) is 55.5 cm³/mol. The molecule has 2 N–H and O–H groups in total. The summed E-state index contributed by atoms with van der Waals surface area (Å²) in [7, 11) is 0. The molecule has 0 amide bonds. The largest absolute Gasteiger partial charge is 0.399 e. The van der Waals surface area contributed by atoms with E-state index >= 15 is 0 Å². The van der Waals surface area contributed by atoms with Crippen molar-refractivity contribution in [1.29, 1.82) is 0 Å². The van der Waals surface area contributed by atoms with Gasteiger partial charge in [0, 0.05) is 11.6 Å². The molecular weight excluding hydrogens is 190 g/mol. The Kier molecular flexibility index (Phi) is 1.71. The molecule has 0 aliphatic heterocycles. The maximum atomic E-state index is 5.63. The summed E-state index contributed by atoms with van der Waals surface area (Å²) in [6.45, 7) is 0. The lowest BCUT2D eigenvalue weighted by Gasteiger charge is -2.03. The molecule has 0 unspecified atom stereocenters. The molecule has 1 aliphatic rings. The third-order valence-electron chi connectivity index (χ3n) is 2.57. The smallest absolute Gasteiger partial charge is 0.159 e. The third kappa shape index (κ3) is 1.45. The summed E-state index contributed by atoms with van der Waals surface area (Å²) in [5.41, 5.74) is 7.35. The minimum Gasteiger partial charge on any atom is -0.399 e. The zero-order valence-electron chi connectivity index (χ0n) is 8.17. The standard InChI is InChI=1S/C10H11N5/c11-8-3-5-9(6-4-8)15-10(7-1-2-7)12-13-14-15/h3-7H,1-2,11H2. The molecule has 1 aliphatic carbocycles. The van der Waals surface area contributed by atoms with Crippen LogP contribution in [0.3, 0.4) is 0 Å². The van der Waals surface area contributed by atoms with Crippen molar-refractivity contribution in [3.8, 4) is 5.69 Å². The van der Waals surface area contributed by atoms with Crippen molar-refractivity contribution in [3.05, 3.63) is 30.1 Å². The summed E-state index contributed by atoms with van der Waals surface area (Å²) in [6, 6.07) is 7.57. The van der Waals surface area contributed by atoms with Crippen molar-refractivity contribution in [1.82, 2.24) is 20.2 Å². The van der Waals surface area contributed by atoms with Gasteiger partial charge in [-0.25, -0.2) is 0 Å². The molecule has 0 saturated heterocycles. The van der Waals surface area contributed by atoms with Crippen LogP contribution in [0.4, 0.5) is 5.69 Å². The number of hydrogen-bond donors (Lipinski definition) is 1. The van der Waals surface area contributed by atoms with Gasteiger partial charge in [-0.15, -0.1) is 5.10 Å². The molecule has 0 bridgehead atoms. The Labute approximate surface area is 86.9 Å². The van der Waals surface area contributed by atoms with Crippen LogP contribution in [-0.2, 0) is 0 Å². The topological polar surface area (TPSA) is 69.6 Å². The average molecular weight is 201 g/mol. The van der Waals surface area contributed by atoms with Gasteiger partial charge in [0.2, 0.25) is 0 Å². The fourth-order valence-electron chi connectivity index (χ4n) is 1.59. The van der Waals surface area contributed by atoms with Gasteiger partial charge in [0.15, 0.2) is 5.82 Å². The van der Waals surface area contributed by atoms with E-state index in [-0.39, 0.29) is 0 Å². The fourth-order valence-corrected chi connectivity index (χ4v) is 1.59. The van der Waals surface area contributed by atoms with Crippen molar-refractivity contribution in [2.75, 3.05) is 5.73 Å². The predicted octanol–water partition coefficient (Wildman–Crippen LogP) is 1.12. The quantitative estimate of drug-likeness (QED) is 0.739. The molecule has 1 fully saturated rings. The molecule has 1 saturated carbocycles. The van der Waals surface area contributed by atoms with Gasteiger partial charge in [0.05, 0.1) is 5.69 Å². The van der Waals surface area contributed by atoms with Crippen LogP contribution in [0.2, 0.25) is 0 Å². The normalized spacial score (nSPS) is 15.5. The molecule has 0 atom stereocenters. The molecule has 2 aromatic rings. The van der Waals surface area contributed by atoms with Crippen molar-refractivity contribution >= 4 is 5.69 Å². The molecule has 76 valence electrons. The van der Waals surface area contributed by atoms with E-state index in [4.69, 9.17) is 5.73 Å². The Balaban J connectivity index is 2.04. The zero-order valence-corrected chi connectivity index (χ0v) is 8.17. The van der Waals surface area contributed by atoms with E-state index in [1.165, 1.54) is 12.8 Å². The maximum Gasteiger partial charge on any atom is 0.159 e. The van der Waals surface area contributed by atoms with E-state index in [2.05, 4.69) is 15.5 Å². The van der Waals surface area contributed by atoms with Crippen molar-refractivity contribution in [2.45, 2.75) is 18.8 Å². The second-order valence-electron chi connectivity index (χ2n) is 3.81. The first-order valence-corrected chi connectivity index (χ1v) is 4.99. The summed E-state index contributed by atoms with van der Waals surface area (Å²) in [6.07, 6.45) is 2.38. The Bertz CT molecular complexity index is 469. The second kappa shape index (κ2) is 3.05. The molecule has 1 aromatic carbocycles. The number of nitrogens with two attached hydrogens (primary N) is 1. The van der Waals surface area contributed by atoms with E-state index in [1.54, 1.807) is 4.68 Å². The van der Waals surface area contributed by atoms with E-state index < -0.39 is 0 Å². The van der Waals surface area contributed by atoms with Crippen LogP contribution in [0.1, 0.15) is 24.6 Å². The summed E-state index contributed by atoms with van der Waals surface area (Å²) < 4.78 is 1.79. The number of tetrazole rings is 1. The average Bonchev–Trinajstić information content (AvgIpc) is 2.98. The number of nitrogens with zero attached hydrogens (tertiary/aromatic N) is 4. The minimum atomic E-state index is 0.539. The number of benzene rings is 1. The summed E-state index contributed by atoms with van der Waals surface area (Å²) >= 11 is 0. The lowest BCUT2D eigenvalue weighted by Crippen LogP contribution is -2.02. The molecule has 0 radical (unpaired) electrons. The van der Waals surface area contributed by atoms with E-state index in [0.29, 0.717) is 5.92 Å². The monoisotopic (exact) mass is 201 g/mol. The number of anilines is 1. The first kappa shape index (κ1) is 8.40. The van der Waals surface area contributed by atoms with Crippen molar-refractivity contribution < 1.29 is 0 Å². The second-order valence-corrected chi connectivity index (χ2v) is 3.81. The van der Waals surface area contributed by atoms with E-state index in [9.17, 15) is 0 Å². The highest BCUT2D eigenvalue weighted by molar-refractivity contribution is 5.44. The first-order chi connectivity index (χ1) is 7.34. The molecule has 5 heteroatoms. The van der Waals surface area contributed by atoms with Crippen molar-refractivity contribution in [2.24, 2.45) is 0 Å². The van der Waals surface area contributed by atoms with Gasteiger partial charge < -0.3 is 5.73 Å². The zero-order chi connectivity index (χ0) is 10.3. The van der Waals surface area contributed by atoms with Crippen LogP contribution >= 0.6 is 0 Å². The summed E-state index contributed by atoms with van der Waals surface area (Å²) in [5.74, 6) is 1.50. The highest BCUT2D eigenvalue weighted by Crippen LogP contribution is 2.39. The van der Waals surface area contributed by atoms with E-state index in [1.807, 2.05) is 24.3 Å². The van der Waals surface area contributed by atoms with Gasteiger partial charge in [-0.3, -0.25) is 0 Å². The number of nitrogen functional groups attached to an aromatic ring is 1. The van der Waals surface area contributed by atoms with Gasteiger partial charge in [-0.1, -0.05) is 0 Å². The third-order valence-corrected chi connectivity index (χ3v) is 2.57. The Morgan fingerprint density at radius 3 is 2.60 bits per heavy atom. The molecule has 3 rings (SSSR count). The van der Waals surface area contributed by atoms with Gasteiger partial charge in [-0.05, 0) is 47.5 Å². The Hall–Kier alpha value is -1.91. The van der Waals surface area contributed by atoms with E-state index in [0.717, 1.165) is 17.2 Å². The summed E-state index contributed by atoms with van der Waals surface area (Å²) in [4.78, 5) is 0. The SMILES string of the molecule is Nc1ccc(-n2nnnc2C2CC2)cc1. The molecule has 0 spiro atoms. The van der Waals surface area contributed by atoms with Gasteiger partial charge in [0.1, 0.15) is 0 Å².